The molecule has 1 aromatic heterocycles. The first-order valence-corrected chi connectivity index (χ1v) is 8.85. The van der Waals surface area contributed by atoms with Crippen molar-refractivity contribution in [2.45, 2.75) is 32.3 Å². The number of benzene rings is 1. The standard InChI is InChI=1S/C18H22N2O2S/c1-13-12-23-17(19-13)14-7-5-9-20(10-14)18(21)16-8-4-3-6-15(16)11-22-2/h3-4,6,8,12,14H,5,7,9-11H2,1-2H3/t14-/m0/s1. The van der Waals surface area contributed by atoms with Gasteiger partial charge in [0.25, 0.3) is 5.91 Å². The molecular formula is C18H22N2O2S. The summed E-state index contributed by atoms with van der Waals surface area (Å²) in [7, 11) is 1.66. The summed E-state index contributed by atoms with van der Waals surface area (Å²) in [4.78, 5) is 19.5. The molecule has 0 saturated carbocycles. The van der Waals surface area contributed by atoms with Crippen molar-refractivity contribution < 1.29 is 9.53 Å². The monoisotopic (exact) mass is 330 g/mol. The van der Waals surface area contributed by atoms with Crippen molar-refractivity contribution in [2.75, 3.05) is 20.2 Å². The normalized spacial score (nSPS) is 18.2. The third-order valence-electron chi connectivity index (χ3n) is 4.24. The molecule has 0 unspecified atom stereocenters. The number of thiazole rings is 1. The molecule has 4 nitrogen and oxygen atoms in total. The summed E-state index contributed by atoms with van der Waals surface area (Å²) in [5.41, 5.74) is 2.77. The molecule has 1 fully saturated rings. The highest BCUT2D eigenvalue weighted by Gasteiger charge is 2.27. The molecule has 0 radical (unpaired) electrons. The highest BCUT2D eigenvalue weighted by Crippen LogP contribution is 2.30. The fourth-order valence-electron chi connectivity index (χ4n) is 3.10. The Bertz CT molecular complexity index is 683. The van der Waals surface area contributed by atoms with Gasteiger partial charge in [0.15, 0.2) is 0 Å². The maximum absolute atomic E-state index is 12.9. The summed E-state index contributed by atoms with van der Waals surface area (Å²) in [6, 6.07) is 7.72. The van der Waals surface area contributed by atoms with Crippen LogP contribution in [-0.4, -0.2) is 36.0 Å². The topological polar surface area (TPSA) is 42.4 Å². The lowest BCUT2D eigenvalue weighted by Gasteiger charge is -2.32. The Morgan fingerprint density at radius 3 is 3.00 bits per heavy atom. The fourth-order valence-corrected chi connectivity index (χ4v) is 4.03. The number of rotatable bonds is 4. The van der Waals surface area contributed by atoms with E-state index in [1.54, 1.807) is 18.4 Å². The molecule has 0 aliphatic carbocycles. The molecule has 0 bridgehead atoms. The van der Waals surface area contributed by atoms with Crippen LogP contribution in [0.3, 0.4) is 0 Å². The van der Waals surface area contributed by atoms with E-state index in [-0.39, 0.29) is 5.91 Å². The maximum Gasteiger partial charge on any atom is 0.254 e. The number of likely N-dealkylation sites (tertiary alicyclic amines) is 1. The molecule has 1 saturated heterocycles. The predicted octanol–water partition coefficient (Wildman–Crippen LogP) is 3.62. The molecule has 1 atom stereocenters. The molecule has 1 aromatic carbocycles. The summed E-state index contributed by atoms with van der Waals surface area (Å²) in [6.45, 7) is 4.06. The Balaban J connectivity index is 1.77. The van der Waals surface area contributed by atoms with Crippen molar-refractivity contribution in [1.29, 1.82) is 0 Å². The van der Waals surface area contributed by atoms with Gasteiger partial charge < -0.3 is 9.64 Å². The Morgan fingerprint density at radius 1 is 1.43 bits per heavy atom. The minimum absolute atomic E-state index is 0.107. The number of aryl methyl sites for hydroxylation is 1. The number of hydrogen-bond donors (Lipinski definition) is 0. The van der Waals surface area contributed by atoms with E-state index in [0.717, 1.165) is 47.8 Å². The Morgan fingerprint density at radius 2 is 2.26 bits per heavy atom. The van der Waals surface area contributed by atoms with Crippen molar-refractivity contribution in [3.63, 3.8) is 0 Å². The number of nitrogens with zero attached hydrogens (tertiary/aromatic N) is 2. The molecular weight excluding hydrogens is 308 g/mol. The van der Waals surface area contributed by atoms with Gasteiger partial charge in [0.05, 0.1) is 11.6 Å². The van der Waals surface area contributed by atoms with E-state index in [1.807, 2.05) is 36.1 Å². The zero-order valence-electron chi connectivity index (χ0n) is 13.6. The molecule has 23 heavy (non-hydrogen) atoms. The van der Waals surface area contributed by atoms with Gasteiger partial charge in [-0.05, 0) is 31.4 Å². The van der Waals surface area contributed by atoms with Crippen molar-refractivity contribution in [1.82, 2.24) is 9.88 Å². The van der Waals surface area contributed by atoms with Crippen LogP contribution in [-0.2, 0) is 11.3 Å². The first-order chi connectivity index (χ1) is 11.2. The second kappa shape index (κ2) is 7.23. The quantitative estimate of drug-likeness (QED) is 0.860. The minimum atomic E-state index is 0.107. The lowest BCUT2D eigenvalue weighted by molar-refractivity contribution is 0.0702. The van der Waals surface area contributed by atoms with Crippen molar-refractivity contribution in [3.05, 3.63) is 51.5 Å². The molecule has 1 amide bonds. The van der Waals surface area contributed by atoms with E-state index in [9.17, 15) is 4.79 Å². The van der Waals surface area contributed by atoms with Gasteiger partial charge in [0.1, 0.15) is 0 Å². The fraction of sp³-hybridized carbons (Fsp3) is 0.444. The van der Waals surface area contributed by atoms with Crippen LogP contribution in [0.5, 0.6) is 0 Å². The zero-order valence-corrected chi connectivity index (χ0v) is 14.4. The van der Waals surface area contributed by atoms with Gasteiger partial charge >= 0.3 is 0 Å². The zero-order chi connectivity index (χ0) is 16.2. The van der Waals surface area contributed by atoms with E-state index in [1.165, 1.54) is 0 Å². The molecule has 1 aliphatic heterocycles. The van der Waals surface area contributed by atoms with Crippen LogP contribution < -0.4 is 0 Å². The van der Waals surface area contributed by atoms with Gasteiger partial charge in [-0.25, -0.2) is 4.98 Å². The van der Waals surface area contributed by atoms with Crippen LogP contribution in [0.1, 0.15) is 45.4 Å². The first kappa shape index (κ1) is 16.1. The average Bonchev–Trinajstić information content (AvgIpc) is 3.02. The Hall–Kier alpha value is -1.72. The second-order valence-electron chi connectivity index (χ2n) is 6.01. The van der Waals surface area contributed by atoms with Crippen LogP contribution in [0.15, 0.2) is 29.6 Å². The van der Waals surface area contributed by atoms with Crippen LogP contribution in [0.2, 0.25) is 0 Å². The van der Waals surface area contributed by atoms with Crippen molar-refractivity contribution >= 4 is 17.2 Å². The molecule has 5 heteroatoms. The third-order valence-corrected chi connectivity index (χ3v) is 5.37. The smallest absolute Gasteiger partial charge is 0.254 e. The summed E-state index contributed by atoms with van der Waals surface area (Å²) in [6.07, 6.45) is 2.14. The highest BCUT2D eigenvalue weighted by molar-refractivity contribution is 7.09. The number of aromatic nitrogens is 1. The van der Waals surface area contributed by atoms with Crippen molar-refractivity contribution in [2.24, 2.45) is 0 Å². The lowest BCUT2D eigenvalue weighted by atomic mass is 9.97. The van der Waals surface area contributed by atoms with Crippen molar-refractivity contribution in [3.8, 4) is 0 Å². The van der Waals surface area contributed by atoms with Gasteiger partial charge in [0.2, 0.25) is 0 Å². The van der Waals surface area contributed by atoms with E-state index >= 15 is 0 Å². The molecule has 3 rings (SSSR count). The summed E-state index contributed by atoms with van der Waals surface area (Å²) >= 11 is 1.71. The predicted molar refractivity (Wildman–Crippen MR) is 91.9 cm³/mol. The molecule has 0 N–H and O–H groups in total. The van der Waals surface area contributed by atoms with E-state index in [2.05, 4.69) is 10.4 Å². The Kier molecular flexibility index (Phi) is 5.08. The largest absolute Gasteiger partial charge is 0.380 e. The molecule has 0 spiro atoms. The summed E-state index contributed by atoms with van der Waals surface area (Å²) in [5.74, 6) is 0.469. The van der Waals surface area contributed by atoms with Crippen LogP contribution >= 0.6 is 11.3 Å². The van der Waals surface area contributed by atoms with E-state index in [4.69, 9.17) is 4.74 Å². The first-order valence-electron chi connectivity index (χ1n) is 7.97. The molecule has 122 valence electrons. The summed E-state index contributed by atoms with van der Waals surface area (Å²) in [5, 5.41) is 3.24. The maximum atomic E-state index is 12.9. The van der Waals surface area contributed by atoms with Gasteiger partial charge in [-0.1, -0.05) is 18.2 Å². The number of hydrogen-bond acceptors (Lipinski definition) is 4. The third kappa shape index (κ3) is 3.62. The molecule has 1 aliphatic rings. The Labute approximate surface area is 141 Å². The lowest BCUT2D eigenvalue weighted by Crippen LogP contribution is -2.39. The minimum Gasteiger partial charge on any atom is -0.380 e. The van der Waals surface area contributed by atoms with Crippen LogP contribution in [0.25, 0.3) is 0 Å². The SMILES string of the molecule is COCc1ccccc1C(=O)N1CCC[C@H](c2nc(C)cs2)C1. The summed E-state index contributed by atoms with van der Waals surface area (Å²) < 4.78 is 5.22. The molecule has 2 aromatic rings. The number of carbonyl (C=O) groups is 1. The van der Waals surface area contributed by atoms with Gasteiger partial charge in [-0.3, -0.25) is 4.79 Å². The average molecular weight is 330 g/mol. The number of ether oxygens (including phenoxy) is 1. The van der Waals surface area contributed by atoms with E-state index in [0.29, 0.717) is 12.5 Å². The number of methoxy groups -OCH3 is 1. The van der Waals surface area contributed by atoms with Gasteiger partial charge in [-0.2, -0.15) is 0 Å². The van der Waals surface area contributed by atoms with Gasteiger partial charge in [-0.15, -0.1) is 11.3 Å². The van der Waals surface area contributed by atoms with Crippen LogP contribution in [0.4, 0.5) is 0 Å². The van der Waals surface area contributed by atoms with Gasteiger partial charge in [0, 0.05) is 42.8 Å². The number of carbonyl (C=O) groups excluding carboxylic acids is 1. The van der Waals surface area contributed by atoms with Crippen LogP contribution in [0, 0.1) is 6.92 Å². The molecule has 2 heterocycles. The number of piperidine rings is 1. The number of amides is 1. The van der Waals surface area contributed by atoms with E-state index < -0.39 is 0 Å². The highest BCUT2D eigenvalue weighted by atomic mass is 32.1. The second-order valence-corrected chi connectivity index (χ2v) is 6.90.